The van der Waals surface area contributed by atoms with Crippen LogP contribution in [0.4, 0.5) is 0 Å². The molecular formula is C17H23N. The van der Waals surface area contributed by atoms with Gasteiger partial charge < -0.3 is 0 Å². The number of benzene rings is 1. The topological polar surface area (TPSA) is 3.24 Å². The van der Waals surface area contributed by atoms with Crippen molar-refractivity contribution in [2.24, 2.45) is 0 Å². The van der Waals surface area contributed by atoms with Crippen molar-refractivity contribution in [3.8, 4) is 0 Å². The second-order valence-electron chi connectivity index (χ2n) is 6.00. The van der Waals surface area contributed by atoms with Crippen LogP contribution in [-0.4, -0.2) is 18.0 Å². The highest BCUT2D eigenvalue weighted by Crippen LogP contribution is 2.47. The molecule has 0 unspecified atom stereocenters. The minimum absolute atomic E-state index is 0.671. The average Bonchev–Trinajstić information content (AvgIpc) is 2.58. The van der Waals surface area contributed by atoms with Gasteiger partial charge in [0.2, 0.25) is 0 Å². The van der Waals surface area contributed by atoms with Crippen LogP contribution in [-0.2, 0) is 0 Å². The van der Waals surface area contributed by atoms with Crippen LogP contribution in [0.3, 0.4) is 0 Å². The van der Waals surface area contributed by atoms with Gasteiger partial charge in [-0.25, -0.2) is 0 Å². The molecule has 0 spiro atoms. The van der Waals surface area contributed by atoms with Crippen LogP contribution in [0.5, 0.6) is 0 Å². The molecule has 1 aromatic carbocycles. The van der Waals surface area contributed by atoms with Crippen molar-refractivity contribution in [2.45, 2.75) is 45.1 Å². The second kappa shape index (κ2) is 4.89. The Morgan fingerprint density at radius 1 is 1.28 bits per heavy atom. The normalized spacial score (nSPS) is 26.6. The summed E-state index contributed by atoms with van der Waals surface area (Å²) in [6.45, 7) is 6.78. The Kier molecular flexibility index (Phi) is 3.25. The van der Waals surface area contributed by atoms with Crippen LogP contribution in [0.2, 0.25) is 0 Å². The van der Waals surface area contributed by atoms with Gasteiger partial charge in [-0.15, -0.1) is 0 Å². The number of rotatable bonds is 2. The summed E-state index contributed by atoms with van der Waals surface area (Å²) in [6, 6.07) is 9.78. The largest absolute Gasteiger partial charge is 0.293 e. The third-order valence-corrected chi connectivity index (χ3v) is 4.48. The number of allylic oxidation sites excluding steroid dienone is 1. The summed E-state index contributed by atoms with van der Waals surface area (Å²) in [5.74, 6) is 0.822. The molecule has 0 aromatic heterocycles. The van der Waals surface area contributed by atoms with Gasteiger partial charge in [-0.05, 0) is 56.7 Å². The predicted octanol–water partition coefficient (Wildman–Crippen LogP) is 4.28. The first kappa shape index (κ1) is 12.0. The first-order valence-electron chi connectivity index (χ1n) is 7.22. The third kappa shape index (κ3) is 2.12. The minimum Gasteiger partial charge on any atom is -0.293 e. The van der Waals surface area contributed by atoms with Crippen molar-refractivity contribution in [1.29, 1.82) is 0 Å². The van der Waals surface area contributed by atoms with E-state index in [4.69, 9.17) is 0 Å². The molecule has 1 nitrogen and oxygen atoms in total. The van der Waals surface area contributed by atoms with Crippen LogP contribution < -0.4 is 0 Å². The number of nitrogens with zero attached hydrogens (tertiary/aromatic N) is 1. The Hall–Kier alpha value is -1.08. The molecule has 1 saturated heterocycles. The zero-order valence-electron chi connectivity index (χ0n) is 11.5. The molecular weight excluding hydrogens is 218 g/mol. The number of likely N-dealkylation sites (tertiary alicyclic amines) is 1. The van der Waals surface area contributed by atoms with Crippen molar-refractivity contribution in [2.75, 3.05) is 13.1 Å². The molecule has 1 fully saturated rings. The third-order valence-electron chi connectivity index (χ3n) is 4.48. The first-order chi connectivity index (χ1) is 8.75. The molecule has 3 rings (SSSR count). The van der Waals surface area contributed by atoms with E-state index in [2.05, 4.69) is 49.1 Å². The van der Waals surface area contributed by atoms with Gasteiger partial charge in [-0.1, -0.05) is 35.9 Å². The van der Waals surface area contributed by atoms with Gasteiger partial charge in [0.15, 0.2) is 0 Å². The van der Waals surface area contributed by atoms with Gasteiger partial charge >= 0.3 is 0 Å². The summed E-state index contributed by atoms with van der Waals surface area (Å²) in [5, 5.41) is 0. The fourth-order valence-electron chi connectivity index (χ4n) is 3.54. The Morgan fingerprint density at radius 3 is 2.83 bits per heavy atom. The van der Waals surface area contributed by atoms with E-state index < -0.39 is 0 Å². The lowest BCUT2D eigenvalue weighted by Gasteiger charge is -2.28. The van der Waals surface area contributed by atoms with E-state index in [0.29, 0.717) is 6.04 Å². The summed E-state index contributed by atoms with van der Waals surface area (Å²) >= 11 is 0. The van der Waals surface area contributed by atoms with E-state index >= 15 is 0 Å². The van der Waals surface area contributed by atoms with Gasteiger partial charge in [-0.2, -0.15) is 0 Å². The Morgan fingerprint density at radius 2 is 2.06 bits per heavy atom. The van der Waals surface area contributed by atoms with Crippen molar-refractivity contribution < 1.29 is 0 Å². The van der Waals surface area contributed by atoms with E-state index in [1.807, 2.05) is 0 Å². The lowest BCUT2D eigenvalue weighted by Crippen LogP contribution is -2.28. The Bertz CT molecular complexity index is 456. The van der Waals surface area contributed by atoms with Gasteiger partial charge in [0, 0.05) is 12.6 Å². The highest BCUT2D eigenvalue weighted by Gasteiger charge is 2.35. The molecule has 1 aliphatic heterocycles. The lowest BCUT2D eigenvalue weighted by atomic mass is 9.96. The van der Waals surface area contributed by atoms with E-state index in [1.165, 1.54) is 31.4 Å². The van der Waals surface area contributed by atoms with E-state index in [0.717, 1.165) is 12.5 Å². The van der Waals surface area contributed by atoms with E-state index in [1.54, 1.807) is 11.1 Å². The molecule has 0 N–H and O–H groups in total. The molecule has 0 amide bonds. The van der Waals surface area contributed by atoms with Crippen LogP contribution in [0.15, 0.2) is 35.9 Å². The van der Waals surface area contributed by atoms with Gasteiger partial charge in [-0.3, -0.25) is 4.90 Å². The molecule has 0 saturated carbocycles. The highest BCUT2D eigenvalue weighted by molar-refractivity contribution is 5.38. The molecule has 2 bridgehead atoms. The monoisotopic (exact) mass is 241 g/mol. The summed E-state index contributed by atoms with van der Waals surface area (Å²) < 4.78 is 0. The summed E-state index contributed by atoms with van der Waals surface area (Å²) in [4.78, 5) is 2.68. The quantitative estimate of drug-likeness (QED) is 0.699. The summed E-state index contributed by atoms with van der Waals surface area (Å²) in [7, 11) is 0. The zero-order chi connectivity index (χ0) is 12.5. The fraction of sp³-hybridized carbons (Fsp3) is 0.529. The first-order valence-corrected chi connectivity index (χ1v) is 7.22. The standard InChI is InChI=1S/C17H23N/c1-13(2)9-11-18-10-5-6-14-12-17(18)16-8-4-3-7-15(14)16/h3-4,7-9,14,17H,5-6,10-12H2,1-2H3/t14-,17-/m0/s1. The number of hydrogen-bond acceptors (Lipinski definition) is 1. The molecule has 1 heteroatoms. The Labute approximate surface area is 111 Å². The average molecular weight is 241 g/mol. The van der Waals surface area contributed by atoms with Crippen molar-refractivity contribution in [1.82, 2.24) is 4.90 Å². The molecule has 2 atom stereocenters. The van der Waals surface area contributed by atoms with Gasteiger partial charge in [0.05, 0.1) is 0 Å². The van der Waals surface area contributed by atoms with Crippen molar-refractivity contribution in [3.63, 3.8) is 0 Å². The van der Waals surface area contributed by atoms with Crippen molar-refractivity contribution in [3.05, 3.63) is 47.0 Å². The fourth-order valence-corrected chi connectivity index (χ4v) is 3.54. The van der Waals surface area contributed by atoms with Crippen molar-refractivity contribution >= 4 is 0 Å². The molecule has 1 aliphatic carbocycles. The van der Waals surface area contributed by atoms with Gasteiger partial charge in [0.1, 0.15) is 0 Å². The van der Waals surface area contributed by atoms with Crippen LogP contribution in [0.25, 0.3) is 0 Å². The second-order valence-corrected chi connectivity index (χ2v) is 6.00. The molecule has 2 aliphatic rings. The summed E-state index contributed by atoms with van der Waals surface area (Å²) in [5.41, 5.74) is 4.66. The number of fused-ring (bicyclic) bond motifs is 5. The maximum absolute atomic E-state index is 2.68. The molecule has 0 radical (unpaired) electrons. The zero-order valence-corrected chi connectivity index (χ0v) is 11.5. The molecule has 96 valence electrons. The lowest BCUT2D eigenvalue weighted by molar-refractivity contribution is 0.229. The van der Waals surface area contributed by atoms with E-state index in [9.17, 15) is 0 Å². The molecule has 1 aromatic rings. The Balaban J connectivity index is 1.89. The number of hydrogen-bond donors (Lipinski definition) is 0. The van der Waals surface area contributed by atoms with Crippen LogP contribution in [0.1, 0.15) is 56.2 Å². The maximum atomic E-state index is 2.68. The van der Waals surface area contributed by atoms with Gasteiger partial charge in [0.25, 0.3) is 0 Å². The smallest absolute Gasteiger partial charge is 0.0360 e. The summed E-state index contributed by atoms with van der Waals surface area (Å²) in [6.07, 6.45) is 6.45. The van der Waals surface area contributed by atoms with Crippen LogP contribution in [0, 0.1) is 0 Å². The molecule has 18 heavy (non-hydrogen) atoms. The highest BCUT2D eigenvalue weighted by atomic mass is 15.2. The van der Waals surface area contributed by atoms with E-state index in [-0.39, 0.29) is 0 Å². The predicted molar refractivity (Wildman–Crippen MR) is 76.8 cm³/mol. The SMILES string of the molecule is CC(C)=CCN1CCC[C@H]2C[C@H]1c1ccccc12. The maximum Gasteiger partial charge on any atom is 0.0360 e. The van der Waals surface area contributed by atoms with Crippen LogP contribution >= 0.6 is 0 Å². The minimum atomic E-state index is 0.671. The molecule has 1 heterocycles.